The topological polar surface area (TPSA) is 83.5 Å². The largest absolute Gasteiger partial charge is 0.313 e. The van der Waals surface area contributed by atoms with Gasteiger partial charge in [0.2, 0.25) is 10.0 Å². The first-order chi connectivity index (χ1) is 9.30. The van der Waals surface area contributed by atoms with Gasteiger partial charge in [0.15, 0.2) is 14.9 Å². The number of hydrogen-bond acceptors (Lipinski definition) is 5. The molecule has 2 saturated heterocycles. The Kier molecular flexibility index (Phi) is 3.03. The normalized spacial score (nSPS) is 30.6. The molecule has 1 aromatic rings. The molecule has 6 nitrogen and oxygen atoms in total. The van der Waals surface area contributed by atoms with Gasteiger partial charge in [-0.2, -0.15) is 0 Å². The minimum absolute atomic E-state index is 0.0227. The van der Waals surface area contributed by atoms with Crippen LogP contribution in [-0.4, -0.2) is 44.7 Å². The van der Waals surface area contributed by atoms with Crippen molar-refractivity contribution in [2.45, 2.75) is 11.3 Å². The van der Waals surface area contributed by atoms with Crippen molar-refractivity contribution in [1.29, 1.82) is 0 Å². The van der Waals surface area contributed by atoms with Crippen LogP contribution in [0.5, 0.6) is 0 Å². The number of anilines is 1. The zero-order valence-corrected chi connectivity index (χ0v) is 12.7. The van der Waals surface area contributed by atoms with E-state index in [2.05, 4.69) is 4.72 Å². The van der Waals surface area contributed by atoms with Gasteiger partial charge in [0.1, 0.15) is 5.25 Å². The molecule has 0 saturated carbocycles. The predicted octanol–water partition coefficient (Wildman–Crippen LogP) is -0.124. The van der Waals surface area contributed by atoms with Crippen molar-refractivity contribution in [3.63, 3.8) is 0 Å². The van der Waals surface area contributed by atoms with E-state index in [1.807, 2.05) is 6.07 Å². The van der Waals surface area contributed by atoms with Crippen LogP contribution >= 0.6 is 12.2 Å². The number of nitrogens with zero attached hydrogens (tertiary/aromatic N) is 1. The Hall–Kier alpha value is -1.19. The van der Waals surface area contributed by atoms with Crippen LogP contribution < -0.4 is 9.62 Å². The number of para-hydroxylation sites is 1. The summed E-state index contributed by atoms with van der Waals surface area (Å²) < 4.78 is 50.0. The quantitative estimate of drug-likeness (QED) is 0.722. The lowest BCUT2D eigenvalue weighted by molar-refractivity contribution is 0.562. The Morgan fingerprint density at radius 3 is 2.40 bits per heavy atom. The summed E-state index contributed by atoms with van der Waals surface area (Å²) >= 11 is 5.10. The Balaban J connectivity index is 2.10. The molecule has 1 N–H and O–H groups in total. The molecular weight excluding hydrogens is 320 g/mol. The van der Waals surface area contributed by atoms with Gasteiger partial charge < -0.3 is 4.90 Å². The van der Waals surface area contributed by atoms with E-state index in [-0.39, 0.29) is 16.6 Å². The highest BCUT2D eigenvalue weighted by Crippen LogP contribution is 2.31. The fourth-order valence-electron chi connectivity index (χ4n) is 2.63. The maximum atomic E-state index is 12.0. The van der Waals surface area contributed by atoms with Crippen molar-refractivity contribution in [2.24, 2.45) is 0 Å². The molecule has 0 aliphatic carbocycles. The van der Waals surface area contributed by atoms with E-state index in [0.717, 1.165) is 0 Å². The molecule has 2 fully saturated rings. The van der Waals surface area contributed by atoms with E-state index < -0.39 is 31.2 Å². The molecule has 2 unspecified atom stereocenters. The molecule has 0 radical (unpaired) electrons. The van der Waals surface area contributed by atoms with Gasteiger partial charge in [-0.1, -0.05) is 18.2 Å². The summed E-state index contributed by atoms with van der Waals surface area (Å²) in [6.45, 7) is 0. The van der Waals surface area contributed by atoms with Crippen LogP contribution in [0.4, 0.5) is 5.69 Å². The monoisotopic (exact) mass is 332 g/mol. The fraction of sp³-hybridized carbons (Fsp3) is 0.364. The Labute approximate surface area is 122 Å². The van der Waals surface area contributed by atoms with Gasteiger partial charge in [-0.15, -0.1) is 0 Å². The van der Waals surface area contributed by atoms with Gasteiger partial charge in [0.25, 0.3) is 0 Å². The fourth-order valence-corrected chi connectivity index (χ4v) is 7.56. The van der Waals surface area contributed by atoms with Gasteiger partial charge in [-0.05, 0) is 24.4 Å². The molecule has 1 aromatic carbocycles. The Morgan fingerprint density at radius 2 is 1.75 bits per heavy atom. The Morgan fingerprint density at radius 1 is 1.10 bits per heavy atom. The highest BCUT2D eigenvalue weighted by molar-refractivity contribution is 7.96. The SMILES string of the molecule is O=S1(=O)CC2C(C1)S(=O)(=O)NC(=S)N2c1ccccc1. The summed E-state index contributed by atoms with van der Waals surface area (Å²) in [4.78, 5) is 1.59. The number of nitrogens with one attached hydrogen (secondary N) is 1. The average Bonchev–Trinajstić information content (AvgIpc) is 2.66. The summed E-state index contributed by atoms with van der Waals surface area (Å²) in [7, 11) is -7.12. The van der Waals surface area contributed by atoms with E-state index in [1.54, 1.807) is 29.2 Å². The van der Waals surface area contributed by atoms with Crippen LogP contribution in [0.25, 0.3) is 0 Å². The van der Waals surface area contributed by atoms with Gasteiger partial charge in [-0.3, -0.25) is 4.72 Å². The summed E-state index contributed by atoms with van der Waals surface area (Å²) in [5.41, 5.74) is 0.687. The molecule has 2 aliphatic heterocycles. The van der Waals surface area contributed by atoms with E-state index in [4.69, 9.17) is 12.2 Å². The van der Waals surface area contributed by atoms with E-state index in [1.165, 1.54) is 0 Å². The molecule has 0 aromatic heterocycles. The zero-order valence-electron chi connectivity index (χ0n) is 10.3. The van der Waals surface area contributed by atoms with Crippen LogP contribution in [0.15, 0.2) is 30.3 Å². The maximum absolute atomic E-state index is 12.0. The summed E-state index contributed by atoms with van der Waals surface area (Å²) in [5.74, 6) is -0.563. The van der Waals surface area contributed by atoms with Gasteiger partial charge in [-0.25, -0.2) is 16.8 Å². The van der Waals surface area contributed by atoms with E-state index in [0.29, 0.717) is 5.69 Å². The second kappa shape index (κ2) is 4.40. The lowest BCUT2D eigenvalue weighted by Crippen LogP contribution is -2.62. The van der Waals surface area contributed by atoms with Crippen LogP contribution in [0.3, 0.4) is 0 Å². The second-order valence-electron chi connectivity index (χ2n) is 4.84. The number of sulfonamides is 1. The smallest absolute Gasteiger partial charge is 0.240 e. The minimum Gasteiger partial charge on any atom is -0.313 e. The third kappa shape index (κ3) is 2.19. The zero-order chi connectivity index (χ0) is 14.5. The van der Waals surface area contributed by atoms with Gasteiger partial charge >= 0.3 is 0 Å². The summed E-state index contributed by atoms with van der Waals surface area (Å²) in [6.07, 6.45) is 0. The van der Waals surface area contributed by atoms with E-state index >= 15 is 0 Å². The van der Waals surface area contributed by atoms with Crippen molar-refractivity contribution in [2.75, 3.05) is 16.4 Å². The molecule has 20 heavy (non-hydrogen) atoms. The number of fused-ring (bicyclic) bond motifs is 1. The number of sulfone groups is 1. The lowest BCUT2D eigenvalue weighted by Gasteiger charge is -2.38. The summed E-state index contributed by atoms with van der Waals surface area (Å²) in [6, 6.07) is 8.28. The first-order valence-corrected chi connectivity index (χ1v) is 9.68. The van der Waals surface area contributed by atoms with Crippen molar-refractivity contribution >= 4 is 42.9 Å². The average molecular weight is 332 g/mol. The van der Waals surface area contributed by atoms with Gasteiger partial charge in [0, 0.05) is 5.69 Å². The van der Waals surface area contributed by atoms with Crippen molar-refractivity contribution in [3.05, 3.63) is 30.3 Å². The second-order valence-corrected chi connectivity index (χ2v) is 9.28. The molecule has 9 heteroatoms. The molecule has 0 spiro atoms. The maximum Gasteiger partial charge on any atom is 0.240 e. The summed E-state index contributed by atoms with van der Waals surface area (Å²) in [5, 5.41) is -0.964. The van der Waals surface area contributed by atoms with Gasteiger partial charge in [0.05, 0.1) is 17.5 Å². The standard InChI is InChI=1S/C11H12N2O4S3/c14-19(15)6-9-10(7-19)20(16,17)12-11(18)13(9)8-4-2-1-3-5-8/h1-5,9-10H,6-7H2,(H,12,18). The number of thiocarbonyl (C=S) groups is 1. The van der Waals surface area contributed by atoms with Crippen molar-refractivity contribution < 1.29 is 16.8 Å². The minimum atomic E-state index is -3.73. The molecule has 2 aliphatic rings. The molecular formula is C11H12N2O4S3. The number of hydrogen-bond donors (Lipinski definition) is 1. The predicted molar refractivity (Wildman–Crippen MR) is 79.8 cm³/mol. The van der Waals surface area contributed by atoms with Crippen LogP contribution in [-0.2, 0) is 19.9 Å². The first kappa shape index (κ1) is 13.8. The van der Waals surface area contributed by atoms with Crippen molar-refractivity contribution in [3.8, 4) is 0 Å². The lowest BCUT2D eigenvalue weighted by atomic mass is 10.2. The molecule has 108 valence electrons. The first-order valence-electron chi connectivity index (χ1n) is 5.90. The van der Waals surface area contributed by atoms with Crippen LogP contribution in [0.2, 0.25) is 0 Å². The highest BCUT2D eigenvalue weighted by Gasteiger charge is 2.52. The van der Waals surface area contributed by atoms with E-state index in [9.17, 15) is 16.8 Å². The van der Waals surface area contributed by atoms with Crippen LogP contribution in [0, 0.1) is 0 Å². The third-order valence-corrected chi connectivity index (χ3v) is 7.60. The third-order valence-electron chi connectivity index (χ3n) is 3.49. The number of benzene rings is 1. The molecule has 3 rings (SSSR count). The Bertz CT molecular complexity index is 758. The number of rotatable bonds is 1. The molecule has 0 bridgehead atoms. The van der Waals surface area contributed by atoms with Crippen molar-refractivity contribution in [1.82, 2.24) is 4.72 Å². The molecule has 2 heterocycles. The molecule has 0 amide bonds. The molecule has 2 atom stereocenters. The van der Waals surface area contributed by atoms with Crippen LogP contribution in [0.1, 0.15) is 0 Å². The highest BCUT2D eigenvalue weighted by atomic mass is 32.2.